The SMILES string of the molecule is O=C(O)C(F)(F)F.O=C(OCc1ccccc1)c1cn(C2CC2)c2cc(N3CCNCC3)c(F)cc2c1=O. The Labute approximate surface area is 214 Å². The van der Waals surface area contributed by atoms with Gasteiger partial charge in [0.15, 0.2) is 0 Å². The molecule has 38 heavy (non-hydrogen) atoms. The summed E-state index contributed by atoms with van der Waals surface area (Å²) < 4.78 is 54.1. The van der Waals surface area contributed by atoms with Crippen molar-refractivity contribution in [1.29, 1.82) is 0 Å². The Morgan fingerprint density at radius 3 is 2.29 bits per heavy atom. The molecule has 2 aliphatic rings. The van der Waals surface area contributed by atoms with Gasteiger partial charge in [0.05, 0.1) is 11.2 Å². The number of hydrogen-bond acceptors (Lipinski definition) is 6. The van der Waals surface area contributed by atoms with Gasteiger partial charge in [-0.15, -0.1) is 0 Å². The minimum Gasteiger partial charge on any atom is -0.475 e. The van der Waals surface area contributed by atoms with Crippen LogP contribution in [0.5, 0.6) is 0 Å². The first-order valence-corrected chi connectivity index (χ1v) is 11.9. The number of fused-ring (bicyclic) bond motifs is 1. The predicted octanol–water partition coefficient (Wildman–Crippen LogP) is 3.88. The first-order valence-electron chi connectivity index (χ1n) is 11.9. The standard InChI is InChI=1S/C24H24FN3O3.C2HF3O2/c25-20-12-18-21(13-22(20)27-10-8-26-9-11-27)28(17-6-7-17)14-19(23(18)29)24(30)31-15-16-4-2-1-3-5-16;3-2(4,5)1(6)7/h1-5,12-14,17,26H,6-11,15H2;(H,6,7). The maximum atomic E-state index is 15.0. The lowest BCUT2D eigenvalue weighted by atomic mass is 10.1. The largest absolute Gasteiger partial charge is 0.490 e. The van der Waals surface area contributed by atoms with Gasteiger partial charge in [0.25, 0.3) is 0 Å². The molecule has 1 aliphatic carbocycles. The molecule has 0 bridgehead atoms. The van der Waals surface area contributed by atoms with Crippen molar-refractivity contribution in [1.82, 2.24) is 9.88 Å². The molecular formula is C26H25F4N3O5. The van der Waals surface area contributed by atoms with E-state index in [0.717, 1.165) is 31.5 Å². The smallest absolute Gasteiger partial charge is 0.475 e. The molecule has 12 heteroatoms. The average molecular weight is 535 g/mol. The fourth-order valence-electron chi connectivity index (χ4n) is 4.11. The van der Waals surface area contributed by atoms with E-state index in [1.165, 1.54) is 6.07 Å². The molecule has 202 valence electrons. The number of anilines is 1. The average Bonchev–Trinajstić information content (AvgIpc) is 3.74. The van der Waals surface area contributed by atoms with Gasteiger partial charge >= 0.3 is 18.1 Å². The number of aliphatic carboxylic acids is 1. The number of pyridine rings is 1. The van der Waals surface area contributed by atoms with Crippen LogP contribution < -0.4 is 15.6 Å². The number of esters is 1. The summed E-state index contributed by atoms with van der Waals surface area (Å²) in [6, 6.07) is 12.6. The van der Waals surface area contributed by atoms with E-state index in [1.54, 1.807) is 12.3 Å². The highest BCUT2D eigenvalue weighted by molar-refractivity contribution is 5.94. The molecule has 2 fully saturated rings. The first kappa shape index (κ1) is 27.1. The van der Waals surface area contributed by atoms with E-state index < -0.39 is 29.4 Å². The van der Waals surface area contributed by atoms with Crippen LogP contribution in [0.2, 0.25) is 0 Å². The van der Waals surface area contributed by atoms with Crippen LogP contribution in [0.3, 0.4) is 0 Å². The lowest BCUT2D eigenvalue weighted by molar-refractivity contribution is -0.192. The van der Waals surface area contributed by atoms with Crippen LogP contribution >= 0.6 is 0 Å². The lowest BCUT2D eigenvalue weighted by Gasteiger charge is -2.30. The summed E-state index contributed by atoms with van der Waals surface area (Å²) in [6.07, 6.45) is -1.55. The number of benzene rings is 2. The highest BCUT2D eigenvalue weighted by atomic mass is 19.4. The van der Waals surface area contributed by atoms with E-state index >= 15 is 4.39 Å². The van der Waals surface area contributed by atoms with Crippen molar-refractivity contribution in [3.05, 3.63) is 75.8 Å². The second kappa shape index (κ2) is 11.2. The number of halogens is 4. The molecule has 1 saturated carbocycles. The zero-order valence-electron chi connectivity index (χ0n) is 20.1. The van der Waals surface area contributed by atoms with Gasteiger partial charge in [-0.05, 0) is 30.5 Å². The van der Waals surface area contributed by atoms with Crippen LogP contribution in [0.15, 0.2) is 53.5 Å². The predicted molar refractivity (Wildman–Crippen MR) is 131 cm³/mol. The van der Waals surface area contributed by atoms with Crippen molar-refractivity contribution >= 4 is 28.5 Å². The van der Waals surface area contributed by atoms with Gasteiger partial charge in [0.2, 0.25) is 5.43 Å². The molecule has 0 radical (unpaired) electrons. The molecule has 8 nitrogen and oxygen atoms in total. The van der Waals surface area contributed by atoms with Crippen LogP contribution in [0.1, 0.15) is 34.8 Å². The third-order valence-electron chi connectivity index (χ3n) is 6.17. The second-order valence-corrected chi connectivity index (χ2v) is 8.93. The Balaban J connectivity index is 0.000000426. The van der Waals surface area contributed by atoms with Crippen molar-refractivity contribution in [2.75, 3.05) is 31.1 Å². The normalized spacial score (nSPS) is 15.5. The van der Waals surface area contributed by atoms with E-state index in [-0.39, 0.29) is 23.6 Å². The number of hydrogen-bond donors (Lipinski definition) is 2. The van der Waals surface area contributed by atoms with Gasteiger partial charge < -0.3 is 24.6 Å². The van der Waals surface area contributed by atoms with Crippen molar-refractivity contribution in [2.24, 2.45) is 0 Å². The van der Waals surface area contributed by atoms with E-state index in [9.17, 15) is 22.8 Å². The van der Waals surface area contributed by atoms with Crippen LogP contribution in [-0.4, -0.2) is 54.0 Å². The molecule has 2 aromatic carbocycles. The summed E-state index contributed by atoms with van der Waals surface area (Å²) in [5, 5.41) is 10.6. The number of carboxylic acids is 1. The van der Waals surface area contributed by atoms with Crippen LogP contribution in [0.25, 0.3) is 10.9 Å². The number of aromatic nitrogens is 1. The third-order valence-corrected chi connectivity index (χ3v) is 6.17. The van der Waals surface area contributed by atoms with Crippen LogP contribution in [0.4, 0.5) is 23.2 Å². The number of piperazine rings is 1. The number of alkyl halides is 3. The fraction of sp³-hybridized carbons (Fsp3) is 0.346. The number of nitrogens with one attached hydrogen (secondary N) is 1. The number of ether oxygens (including phenoxy) is 1. The Bertz CT molecular complexity index is 1380. The number of nitrogens with zero attached hydrogens (tertiary/aromatic N) is 2. The van der Waals surface area contributed by atoms with Gasteiger partial charge in [0.1, 0.15) is 18.0 Å². The number of rotatable bonds is 5. The molecule has 1 saturated heterocycles. The minimum absolute atomic E-state index is 0.0512. The second-order valence-electron chi connectivity index (χ2n) is 8.93. The third kappa shape index (κ3) is 6.31. The maximum Gasteiger partial charge on any atom is 0.490 e. The Morgan fingerprint density at radius 1 is 1.08 bits per heavy atom. The van der Waals surface area contributed by atoms with Gasteiger partial charge in [-0.1, -0.05) is 30.3 Å². The molecule has 2 heterocycles. The molecule has 0 amide bonds. The number of carboxylic acid groups (broad SMARTS) is 1. The molecule has 5 rings (SSSR count). The van der Waals surface area contributed by atoms with Crippen molar-refractivity contribution in [3.63, 3.8) is 0 Å². The van der Waals surface area contributed by atoms with Crippen molar-refractivity contribution in [3.8, 4) is 0 Å². The summed E-state index contributed by atoms with van der Waals surface area (Å²) in [6.45, 7) is 3.08. The van der Waals surface area contributed by atoms with Crippen molar-refractivity contribution in [2.45, 2.75) is 31.7 Å². The summed E-state index contributed by atoms with van der Waals surface area (Å²) in [5.41, 5.74) is 1.47. The maximum absolute atomic E-state index is 15.0. The molecule has 0 atom stereocenters. The monoisotopic (exact) mass is 535 g/mol. The fourth-order valence-corrected chi connectivity index (χ4v) is 4.11. The van der Waals surface area contributed by atoms with Gasteiger partial charge in [-0.25, -0.2) is 14.0 Å². The number of carbonyl (C=O) groups excluding carboxylic acids is 1. The summed E-state index contributed by atoms with van der Waals surface area (Å²) in [5.74, 6) is -3.88. The van der Waals surface area contributed by atoms with Crippen molar-refractivity contribution < 1.29 is 37.0 Å². The van der Waals surface area contributed by atoms with Crippen LogP contribution in [-0.2, 0) is 16.1 Å². The molecule has 1 aliphatic heterocycles. The lowest BCUT2D eigenvalue weighted by Crippen LogP contribution is -2.43. The minimum atomic E-state index is -5.08. The Hall–Kier alpha value is -3.93. The molecular weight excluding hydrogens is 510 g/mol. The Kier molecular flexibility index (Phi) is 8.00. The summed E-state index contributed by atoms with van der Waals surface area (Å²) in [4.78, 5) is 36.7. The van der Waals surface area contributed by atoms with E-state index in [0.29, 0.717) is 24.3 Å². The van der Waals surface area contributed by atoms with Gasteiger partial charge in [-0.2, -0.15) is 13.2 Å². The molecule has 0 unspecified atom stereocenters. The van der Waals surface area contributed by atoms with Crippen LogP contribution in [0, 0.1) is 5.82 Å². The Morgan fingerprint density at radius 2 is 1.71 bits per heavy atom. The van der Waals surface area contributed by atoms with E-state index in [4.69, 9.17) is 14.6 Å². The zero-order chi connectivity index (χ0) is 27.4. The van der Waals surface area contributed by atoms with E-state index in [1.807, 2.05) is 39.8 Å². The topological polar surface area (TPSA) is 101 Å². The molecule has 2 N–H and O–H groups in total. The summed E-state index contributed by atoms with van der Waals surface area (Å²) >= 11 is 0. The number of carbonyl (C=O) groups is 2. The molecule has 3 aromatic rings. The van der Waals surface area contributed by atoms with Gasteiger partial charge in [-0.3, -0.25) is 4.79 Å². The molecule has 0 spiro atoms. The molecule has 1 aromatic heterocycles. The first-order chi connectivity index (χ1) is 18.1. The highest BCUT2D eigenvalue weighted by Gasteiger charge is 2.38. The zero-order valence-corrected chi connectivity index (χ0v) is 20.1. The summed E-state index contributed by atoms with van der Waals surface area (Å²) in [7, 11) is 0. The van der Waals surface area contributed by atoms with E-state index in [2.05, 4.69) is 5.32 Å². The van der Waals surface area contributed by atoms with Gasteiger partial charge in [0, 0.05) is 43.8 Å². The highest BCUT2D eigenvalue weighted by Crippen LogP contribution is 2.38. The quantitative estimate of drug-likeness (QED) is 0.378.